The molecule has 18 nitrogen and oxygen atoms in total. The summed E-state index contributed by atoms with van der Waals surface area (Å²) >= 11 is 0. The molecule has 4 rings (SSSR count). The number of aliphatic carboxylic acids is 1. The van der Waals surface area contributed by atoms with Gasteiger partial charge >= 0.3 is 29.8 Å². The van der Waals surface area contributed by atoms with Crippen LogP contribution in [0.15, 0.2) is 91.0 Å². The van der Waals surface area contributed by atoms with E-state index in [9.17, 15) is 43.5 Å². The first kappa shape index (κ1) is 41.0. The Labute approximate surface area is 317 Å². The number of nitrogens with one attached hydrogen (secondary N) is 3. The van der Waals surface area contributed by atoms with E-state index in [1.54, 1.807) is 30.3 Å². The Balaban J connectivity index is 1.57. The van der Waals surface area contributed by atoms with Crippen LogP contribution in [0, 0.1) is 0 Å². The molecule has 0 aliphatic carbocycles. The summed E-state index contributed by atoms with van der Waals surface area (Å²) in [4.78, 5) is 101. The molecule has 2 atom stereocenters. The van der Waals surface area contributed by atoms with Gasteiger partial charge in [-0.3, -0.25) is 34.8 Å². The number of anilines is 1. The maximum atomic E-state index is 13.5. The van der Waals surface area contributed by atoms with Gasteiger partial charge in [-0.05, 0) is 72.8 Å². The molecule has 4 aromatic rings. The number of hydrazine groups is 1. The maximum absolute atomic E-state index is 13.5. The van der Waals surface area contributed by atoms with Gasteiger partial charge in [0.1, 0.15) is 0 Å². The van der Waals surface area contributed by atoms with Crippen LogP contribution in [-0.2, 0) is 28.7 Å². The molecule has 0 bridgehead atoms. The molecule has 0 radical (unpaired) electrons. The molecule has 4 aromatic carbocycles. The van der Waals surface area contributed by atoms with Gasteiger partial charge in [0.15, 0.2) is 23.0 Å². The van der Waals surface area contributed by atoms with Crippen molar-refractivity contribution in [2.75, 3.05) is 19.5 Å². The maximum Gasteiger partial charge on any atom is 0.349 e. The van der Waals surface area contributed by atoms with Crippen molar-refractivity contribution in [3.63, 3.8) is 0 Å². The van der Waals surface area contributed by atoms with Crippen LogP contribution in [0.2, 0.25) is 0 Å². The summed E-state index contributed by atoms with van der Waals surface area (Å²) in [6.45, 7) is 2.26. The average Bonchev–Trinajstić information content (AvgIpc) is 3.18. The van der Waals surface area contributed by atoms with Gasteiger partial charge in [0.05, 0.1) is 25.3 Å². The first-order valence-electron chi connectivity index (χ1n) is 16.1. The summed E-state index contributed by atoms with van der Waals surface area (Å²) in [6.07, 6.45) is -4.99. The normalized spacial score (nSPS) is 11.4. The molecule has 0 spiro atoms. The van der Waals surface area contributed by atoms with E-state index in [1.165, 1.54) is 50.6 Å². The van der Waals surface area contributed by atoms with E-state index >= 15 is 0 Å². The predicted molar refractivity (Wildman–Crippen MR) is 191 cm³/mol. The topological polar surface area (TPSA) is 248 Å². The van der Waals surface area contributed by atoms with E-state index in [-0.39, 0.29) is 39.7 Å². The molecular formula is C38H33N3O15. The van der Waals surface area contributed by atoms with Crippen LogP contribution in [0.25, 0.3) is 0 Å². The van der Waals surface area contributed by atoms with Crippen LogP contribution >= 0.6 is 0 Å². The number of carbonyl (C=O) groups excluding carboxylic acids is 7. The van der Waals surface area contributed by atoms with E-state index in [2.05, 4.69) is 10.7 Å². The monoisotopic (exact) mass is 771 g/mol. The van der Waals surface area contributed by atoms with Crippen molar-refractivity contribution < 1.29 is 71.9 Å². The molecule has 0 saturated heterocycles. The zero-order valence-corrected chi connectivity index (χ0v) is 30.0. The summed E-state index contributed by atoms with van der Waals surface area (Å²) in [6, 6.07) is 20.5. The Hall–Kier alpha value is -7.76. The molecule has 0 aliphatic rings. The number of amides is 3. The fourth-order valence-electron chi connectivity index (χ4n) is 4.69. The Kier molecular flexibility index (Phi) is 13.8. The summed E-state index contributed by atoms with van der Waals surface area (Å²) < 4.78 is 30.7. The Morgan fingerprint density at radius 2 is 1.00 bits per heavy atom. The first-order chi connectivity index (χ1) is 26.7. The summed E-state index contributed by atoms with van der Waals surface area (Å²) in [5.74, 6) is -9.15. The molecule has 290 valence electrons. The molecule has 18 heteroatoms. The lowest BCUT2D eigenvalue weighted by Gasteiger charge is -2.24. The third kappa shape index (κ3) is 10.9. The molecular weight excluding hydrogens is 738 g/mol. The minimum atomic E-state index is -2.53. The Bertz CT molecular complexity index is 2150. The Morgan fingerprint density at radius 1 is 0.536 bits per heavy atom. The van der Waals surface area contributed by atoms with Gasteiger partial charge in [0, 0.05) is 30.7 Å². The molecule has 0 saturated carbocycles. The van der Waals surface area contributed by atoms with E-state index in [0.29, 0.717) is 11.3 Å². The quantitative estimate of drug-likeness (QED) is 0.0817. The fraction of sp³-hybridized carbons (Fsp3) is 0.158. The average molecular weight is 772 g/mol. The molecule has 0 aliphatic heterocycles. The second-order valence-corrected chi connectivity index (χ2v) is 11.2. The van der Waals surface area contributed by atoms with Gasteiger partial charge in [0.25, 0.3) is 17.7 Å². The van der Waals surface area contributed by atoms with E-state index < -0.39 is 59.8 Å². The SMILES string of the molecule is COc1cc(C(=O)O[C@H](C(=O)NNC(=O)c2ccc(NC(=O)c3ccccc3)cc2)[C@@H](OC(=O)c2ccc(OC(C)=O)c(OC)c2)C(=O)O)ccc1OC(C)=O. The van der Waals surface area contributed by atoms with Gasteiger partial charge < -0.3 is 38.8 Å². The molecule has 4 N–H and O–H groups in total. The fourth-order valence-corrected chi connectivity index (χ4v) is 4.69. The number of ether oxygens (including phenoxy) is 6. The van der Waals surface area contributed by atoms with Gasteiger partial charge in [-0.2, -0.15) is 0 Å². The molecule has 0 unspecified atom stereocenters. The number of rotatable bonds is 14. The van der Waals surface area contributed by atoms with Gasteiger partial charge in [-0.1, -0.05) is 18.2 Å². The number of hydrogen-bond acceptors (Lipinski definition) is 14. The summed E-state index contributed by atoms with van der Waals surface area (Å²) in [7, 11) is 2.41. The summed E-state index contributed by atoms with van der Waals surface area (Å²) in [5.41, 5.74) is 4.09. The minimum absolute atomic E-state index is 0.0242. The lowest BCUT2D eigenvalue weighted by Crippen LogP contribution is -2.54. The molecule has 3 amide bonds. The summed E-state index contributed by atoms with van der Waals surface area (Å²) in [5, 5.41) is 12.8. The predicted octanol–water partition coefficient (Wildman–Crippen LogP) is 3.10. The van der Waals surface area contributed by atoms with Crippen molar-refractivity contribution in [3.05, 3.63) is 113 Å². The first-order valence-corrected chi connectivity index (χ1v) is 16.1. The van der Waals surface area contributed by atoms with E-state index in [1.807, 2.05) is 5.43 Å². The molecule has 0 aromatic heterocycles. The van der Waals surface area contributed by atoms with Crippen molar-refractivity contribution in [2.24, 2.45) is 0 Å². The van der Waals surface area contributed by atoms with Crippen molar-refractivity contribution in [1.29, 1.82) is 0 Å². The smallest absolute Gasteiger partial charge is 0.349 e. The number of carboxylic acids is 1. The van der Waals surface area contributed by atoms with E-state index in [0.717, 1.165) is 38.1 Å². The number of methoxy groups -OCH3 is 2. The standard InChI is InChI=1S/C38H33N3O15/c1-20(42)53-27-16-12-24(18-29(27)51-3)37(49)55-31(32(36(47)48)56-38(50)25-13-17-28(54-21(2)43)30(19-25)52-4)35(46)41-40-34(45)23-10-14-26(15-11-23)39-33(44)22-8-6-5-7-9-22/h5-19,31-32H,1-4H3,(H,39,44)(H,40,45)(H,41,46)(H,47,48)/t31-,32+/m0/s1. The van der Waals surface area contributed by atoms with Crippen LogP contribution in [-0.4, -0.2) is 79.1 Å². The third-order valence-corrected chi connectivity index (χ3v) is 7.29. The van der Waals surface area contributed by atoms with Crippen LogP contribution in [0.5, 0.6) is 23.0 Å². The third-order valence-electron chi connectivity index (χ3n) is 7.29. The largest absolute Gasteiger partial charge is 0.493 e. The second-order valence-electron chi connectivity index (χ2n) is 11.2. The van der Waals surface area contributed by atoms with Crippen LogP contribution in [0.1, 0.15) is 55.3 Å². The van der Waals surface area contributed by atoms with E-state index in [4.69, 9.17) is 28.4 Å². The molecule has 0 heterocycles. The van der Waals surface area contributed by atoms with Crippen molar-refractivity contribution in [3.8, 4) is 23.0 Å². The van der Waals surface area contributed by atoms with Gasteiger partial charge in [-0.25, -0.2) is 14.4 Å². The lowest BCUT2D eigenvalue weighted by atomic mass is 10.1. The second kappa shape index (κ2) is 18.8. The number of carbonyl (C=O) groups is 8. The highest BCUT2D eigenvalue weighted by atomic mass is 16.6. The number of benzene rings is 4. The van der Waals surface area contributed by atoms with Crippen molar-refractivity contribution in [1.82, 2.24) is 10.9 Å². The number of hydrogen-bond donors (Lipinski definition) is 4. The highest BCUT2D eigenvalue weighted by Gasteiger charge is 2.41. The highest BCUT2D eigenvalue weighted by molar-refractivity contribution is 6.05. The zero-order valence-electron chi connectivity index (χ0n) is 30.0. The van der Waals surface area contributed by atoms with Gasteiger partial charge in [0.2, 0.25) is 12.2 Å². The Morgan fingerprint density at radius 3 is 1.46 bits per heavy atom. The highest BCUT2D eigenvalue weighted by Crippen LogP contribution is 2.30. The zero-order chi connectivity index (χ0) is 40.9. The van der Waals surface area contributed by atoms with Crippen molar-refractivity contribution in [2.45, 2.75) is 26.1 Å². The van der Waals surface area contributed by atoms with Crippen molar-refractivity contribution >= 4 is 53.3 Å². The minimum Gasteiger partial charge on any atom is -0.493 e. The molecule has 56 heavy (non-hydrogen) atoms. The van der Waals surface area contributed by atoms with Crippen LogP contribution in [0.3, 0.4) is 0 Å². The van der Waals surface area contributed by atoms with Crippen LogP contribution in [0.4, 0.5) is 5.69 Å². The number of carboxylic acid groups (broad SMARTS) is 1. The number of esters is 4. The lowest BCUT2D eigenvalue weighted by molar-refractivity contribution is -0.159. The molecule has 0 fully saturated rings. The van der Waals surface area contributed by atoms with Crippen LogP contribution < -0.4 is 35.1 Å². The van der Waals surface area contributed by atoms with Gasteiger partial charge in [-0.15, -0.1) is 0 Å².